The number of ether oxygens (including phenoxy) is 2. The summed E-state index contributed by atoms with van der Waals surface area (Å²) in [6.45, 7) is 5.28. The molecule has 180 valence electrons. The minimum Gasteiger partial charge on any atom is -0.480 e. The van der Waals surface area contributed by atoms with Gasteiger partial charge in [-0.05, 0) is 51.3 Å². The Kier molecular flexibility index (Phi) is 7.25. The zero-order chi connectivity index (χ0) is 24.4. The number of fused-ring (bicyclic) bond motifs is 2. The fourth-order valence-electron chi connectivity index (χ4n) is 4.06. The molecule has 0 bridgehead atoms. The Labute approximate surface area is 202 Å². The summed E-state index contributed by atoms with van der Waals surface area (Å²) >= 11 is 6.59. The molecule has 5 rings (SSSR count). The van der Waals surface area contributed by atoms with Crippen LogP contribution in [0.2, 0.25) is 5.02 Å². The van der Waals surface area contributed by atoms with Crippen LogP contribution in [0.1, 0.15) is 35.8 Å². The quantitative estimate of drug-likeness (QED) is 0.380. The van der Waals surface area contributed by atoms with Gasteiger partial charge in [0.2, 0.25) is 5.88 Å². The highest BCUT2D eigenvalue weighted by atomic mass is 35.5. The first-order valence-electron chi connectivity index (χ1n) is 11.1. The lowest BCUT2D eigenvalue weighted by Gasteiger charge is -2.16. The number of nitrogens with one attached hydrogen (secondary N) is 2. The van der Waals surface area contributed by atoms with Crippen LogP contribution >= 0.6 is 11.6 Å². The third-order valence-corrected chi connectivity index (χ3v) is 6.07. The molecule has 3 aromatic heterocycles. The highest BCUT2D eigenvalue weighted by Crippen LogP contribution is 2.50. The van der Waals surface area contributed by atoms with Crippen molar-refractivity contribution >= 4 is 33.4 Å². The largest absolute Gasteiger partial charge is 0.480 e. The van der Waals surface area contributed by atoms with Crippen LogP contribution in [0.5, 0.6) is 5.88 Å². The summed E-state index contributed by atoms with van der Waals surface area (Å²) in [5.74, 6) is 0.571. The number of nitrogens with zero attached hydrogens (tertiary/aromatic N) is 4. The number of aromatic amines is 1. The second-order valence-corrected chi connectivity index (χ2v) is 8.62. The van der Waals surface area contributed by atoms with Gasteiger partial charge in [0, 0.05) is 29.6 Å². The summed E-state index contributed by atoms with van der Waals surface area (Å²) in [5.41, 5.74) is 3.30. The molecule has 34 heavy (non-hydrogen) atoms. The highest BCUT2D eigenvalue weighted by Gasteiger charge is 2.33. The Morgan fingerprint density at radius 1 is 1.21 bits per heavy atom. The fraction of sp³-hybridized carbons (Fsp3) is 0.417. The maximum Gasteiger partial charge on any atom is 0.225 e. The summed E-state index contributed by atoms with van der Waals surface area (Å²) in [5, 5.41) is 11.8. The number of H-pyrrole nitrogens is 1. The third kappa shape index (κ3) is 4.55. The molecule has 1 aromatic carbocycles. The van der Waals surface area contributed by atoms with Crippen LogP contribution in [0, 0.1) is 19.7 Å². The van der Waals surface area contributed by atoms with Crippen molar-refractivity contribution in [2.45, 2.75) is 32.6 Å². The first-order valence-corrected chi connectivity index (χ1v) is 11.5. The molecule has 1 saturated carbocycles. The highest BCUT2D eigenvalue weighted by molar-refractivity contribution is 6.33. The lowest BCUT2D eigenvalue weighted by molar-refractivity contribution is 0.201. The predicted octanol–water partition coefficient (Wildman–Crippen LogP) is 4.72. The Hall–Kier alpha value is -2.88. The third-order valence-electron chi connectivity index (χ3n) is 5.75. The van der Waals surface area contributed by atoms with Crippen LogP contribution in [0.4, 0.5) is 4.39 Å². The van der Waals surface area contributed by atoms with E-state index in [2.05, 4.69) is 30.5 Å². The maximum absolute atomic E-state index is 15.8. The number of methoxy groups -OCH3 is 2. The standard InChI is InChI=1S/C20H17ClFN5O.C4H11NO/c1-8-14-18(25-9(2)24-8)17(22)19(26-20(14)28-3)16-11-7-23-27-13(11)6-12(21)15(16)10-4-5-10;1-5-3-4-6-2/h6-7,10H,4-5H2,1-3H3,(H,23,27);5H,3-4H2,1-2H3. The van der Waals surface area contributed by atoms with Gasteiger partial charge in [-0.3, -0.25) is 5.10 Å². The smallest absolute Gasteiger partial charge is 0.225 e. The van der Waals surface area contributed by atoms with Crippen LogP contribution < -0.4 is 10.1 Å². The van der Waals surface area contributed by atoms with E-state index in [0.717, 1.165) is 42.5 Å². The zero-order valence-corrected chi connectivity index (χ0v) is 20.7. The fourth-order valence-corrected chi connectivity index (χ4v) is 4.42. The summed E-state index contributed by atoms with van der Waals surface area (Å²) < 4.78 is 26.0. The molecule has 3 heterocycles. The summed E-state index contributed by atoms with van der Waals surface area (Å²) in [6.07, 6.45) is 3.72. The molecule has 1 aliphatic rings. The number of hydrogen-bond donors (Lipinski definition) is 2. The van der Waals surface area contributed by atoms with Gasteiger partial charge in [-0.25, -0.2) is 19.3 Å². The molecule has 10 heteroatoms. The lowest BCUT2D eigenvalue weighted by Crippen LogP contribution is -2.12. The number of hydrogen-bond acceptors (Lipinski definition) is 7. The van der Waals surface area contributed by atoms with Gasteiger partial charge in [-0.2, -0.15) is 5.10 Å². The van der Waals surface area contributed by atoms with Gasteiger partial charge in [0.25, 0.3) is 0 Å². The van der Waals surface area contributed by atoms with Gasteiger partial charge in [0.05, 0.1) is 36.5 Å². The molecule has 1 fully saturated rings. The van der Waals surface area contributed by atoms with Gasteiger partial charge in [-0.15, -0.1) is 0 Å². The maximum atomic E-state index is 15.8. The Bertz CT molecular complexity index is 1330. The van der Waals surface area contributed by atoms with Gasteiger partial charge in [0.1, 0.15) is 17.0 Å². The van der Waals surface area contributed by atoms with E-state index in [1.165, 1.54) is 7.11 Å². The molecule has 0 saturated heterocycles. The molecule has 8 nitrogen and oxygen atoms in total. The van der Waals surface area contributed by atoms with Gasteiger partial charge < -0.3 is 14.8 Å². The average Bonchev–Trinajstić information content (AvgIpc) is 3.54. The van der Waals surface area contributed by atoms with Gasteiger partial charge in [0.15, 0.2) is 5.82 Å². The molecule has 0 aliphatic heterocycles. The number of pyridine rings is 1. The van der Waals surface area contributed by atoms with Crippen LogP contribution in [0.25, 0.3) is 33.1 Å². The van der Waals surface area contributed by atoms with E-state index < -0.39 is 5.82 Å². The number of benzene rings is 1. The van der Waals surface area contributed by atoms with Crippen molar-refractivity contribution in [3.8, 4) is 17.1 Å². The van der Waals surface area contributed by atoms with E-state index >= 15 is 4.39 Å². The van der Waals surface area contributed by atoms with E-state index in [9.17, 15) is 0 Å². The second kappa shape index (κ2) is 10.2. The summed E-state index contributed by atoms with van der Waals surface area (Å²) in [7, 11) is 5.10. The van der Waals surface area contributed by atoms with Crippen molar-refractivity contribution in [3.05, 3.63) is 40.2 Å². The van der Waals surface area contributed by atoms with E-state index in [0.29, 0.717) is 39.3 Å². The molecule has 1 aliphatic carbocycles. The summed E-state index contributed by atoms with van der Waals surface area (Å²) in [6, 6.07) is 1.84. The minimum absolute atomic E-state index is 0.178. The van der Waals surface area contributed by atoms with Crippen LogP contribution in [0.15, 0.2) is 12.3 Å². The molecular formula is C24H28ClFN6O2. The molecular weight excluding hydrogens is 459 g/mol. The first kappa shape index (κ1) is 24.3. The first-order chi connectivity index (χ1) is 16.4. The van der Waals surface area contributed by atoms with Crippen molar-refractivity contribution in [2.75, 3.05) is 34.4 Å². The molecule has 0 atom stereocenters. The van der Waals surface area contributed by atoms with Crippen molar-refractivity contribution < 1.29 is 13.9 Å². The van der Waals surface area contributed by atoms with Gasteiger partial charge in [-0.1, -0.05) is 11.6 Å². The van der Waals surface area contributed by atoms with E-state index in [1.807, 2.05) is 13.1 Å². The zero-order valence-electron chi connectivity index (χ0n) is 19.9. The number of aryl methyl sites for hydroxylation is 2. The van der Waals surface area contributed by atoms with Gasteiger partial charge >= 0.3 is 0 Å². The lowest BCUT2D eigenvalue weighted by atomic mass is 9.95. The second-order valence-electron chi connectivity index (χ2n) is 8.21. The number of rotatable bonds is 6. The number of halogens is 2. The summed E-state index contributed by atoms with van der Waals surface area (Å²) in [4.78, 5) is 13.2. The molecule has 0 unspecified atom stereocenters. The molecule has 0 amide bonds. The Morgan fingerprint density at radius 2 is 1.97 bits per heavy atom. The normalized spacial score (nSPS) is 13.3. The Morgan fingerprint density at radius 3 is 2.59 bits per heavy atom. The van der Waals surface area contributed by atoms with Crippen LogP contribution in [-0.4, -0.2) is 59.6 Å². The van der Waals surface area contributed by atoms with Crippen LogP contribution in [0.3, 0.4) is 0 Å². The SMILES string of the molecule is CNCCOC.COc1nc(-c2c(C3CC3)c(Cl)cc3[nH]ncc23)c(F)c2nc(C)nc(C)c12. The van der Waals surface area contributed by atoms with Crippen molar-refractivity contribution in [1.82, 2.24) is 30.5 Å². The Balaban J connectivity index is 0.000000408. The van der Waals surface area contributed by atoms with E-state index in [4.69, 9.17) is 21.1 Å². The average molecular weight is 487 g/mol. The monoisotopic (exact) mass is 486 g/mol. The minimum atomic E-state index is -0.504. The number of aromatic nitrogens is 5. The molecule has 4 aromatic rings. The topological polar surface area (TPSA) is 97.8 Å². The van der Waals surface area contributed by atoms with Crippen molar-refractivity contribution in [1.29, 1.82) is 0 Å². The van der Waals surface area contributed by atoms with Crippen molar-refractivity contribution in [3.63, 3.8) is 0 Å². The number of likely N-dealkylation sites (N-methyl/N-ethyl adjacent to an activating group) is 1. The molecule has 0 radical (unpaired) electrons. The van der Waals surface area contributed by atoms with E-state index in [1.54, 1.807) is 27.2 Å². The predicted molar refractivity (Wildman–Crippen MR) is 131 cm³/mol. The van der Waals surface area contributed by atoms with Crippen molar-refractivity contribution in [2.24, 2.45) is 0 Å². The van der Waals surface area contributed by atoms with E-state index in [-0.39, 0.29) is 11.2 Å². The molecule has 0 spiro atoms. The van der Waals surface area contributed by atoms with Crippen LogP contribution in [-0.2, 0) is 4.74 Å². The molecule has 2 N–H and O–H groups in total.